The van der Waals surface area contributed by atoms with E-state index < -0.39 is 12.0 Å². The second kappa shape index (κ2) is 6.98. The van der Waals surface area contributed by atoms with Crippen molar-refractivity contribution in [2.45, 2.75) is 46.1 Å². The van der Waals surface area contributed by atoms with E-state index in [0.717, 1.165) is 0 Å². The average molecular weight is 229 g/mol. The number of carboxylic acid groups (broad SMARTS) is 1. The van der Waals surface area contributed by atoms with Crippen molar-refractivity contribution < 1.29 is 19.5 Å². The van der Waals surface area contributed by atoms with Crippen LogP contribution in [0.1, 0.15) is 40.0 Å². The normalized spacial score (nSPS) is 12.2. The van der Waals surface area contributed by atoms with E-state index >= 15 is 0 Å². The van der Waals surface area contributed by atoms with E-state index in [1.165, 1.54) is 6.92 Å². The Hall–Kier alpha value is -1.39. The number of nitrogens with one attached hydrogen (secondary N) is 1. The average Bonchev–Trinajstić information content (AvgIpc) is 2.09. The highest BCUT2D eigenvalue weighted by molar-refractivity contribution is 5.84. The smallest absolute Gasteiger partial charge is 0.326 e. The Morgan fingerprint density at radius 1 is 1.25 bits per heavy atom. The Kier molecular flexibility index (Phi) is 6.37. The van der Waals surface area contributed by atoms with Crippen LogP contribution in [-0.2, 0) is 14.4 Å². The Bertz CT molecular complexity index is 273. The molecular weight excluding hydrogens is 210 g/mol. The maximum absolute atomic E-state index is 11.4. The van der Waals surface area contributed by atoms with E-state index in [-0.39, 0.29) is 30.4 Å². The van der Waals surface area contributed by atoms with Crippen LogP contribution >= 0.6 is 0 Å². The van der Waals surface area contributed by atoms with E-state index in [2.05, 4.69) is 5.32 Å². The molecule has 0 aliphatic heterocycles. The number of amides is 1. The van der Waals surface area contributed by atoms with Gasteiger partial charge in [0.15, 0.2) is 0 Å². The molecule has 0 aromatic carbocycles. The number of Topliss-reactive ketones (excluding diaryl/α,β-unsaturated/α-hetero) is 1. The summed E-state index contributed by atoms with van der Waals surface area (Å²) >= 11 is 0. The molecule has 0 radical (unpaired) electrons. The van der Waals surface area contributed by atoms with Gasteiger partial charge in [-0.3, -0.25) is 4.79 Å². The molecule has 0 saturated heterocycles. The summed E-state index contributed by atoms with van der Waals surface area (Å²) in [5.74, 6) is -1.28. The second-order valence-corrected chi connectivity index (χ2v) is 4.30. The van der Waals surface area contributed by atoms with E-state index in [1.54, 1.807) is 0 Å². The summed E-state index contributed by atoms with van der Waals surface area (Å²) in [5, 5.41) is 11.3. The van der Waals surface area contributed by atoms with Crippen molar-refractivity contribution in [2.24, 2.45) is 5.92 Å². The molecule has 0 rings (SSSR count). The van der Waals surface area contributed by atoms with Gasteiger partial charge in [-0.15, -0.1) is 0 Å². The van der Waals surface area contributed by atoms with Gasteiger partial charge >= 0.3 is 5.97 Å². The minimum Gasteiger partial charge on any atom is -0.480 e. The molecule has 1 unspecified atom stereocenters. The van der Waals surface area contributed by atoms with Crippen molar-refractivity contribution in [3.05, 3.63) is 0 Å². The Labute approximate surface area is 95.2 Å². The number of carbonyl (C=O) groups is 3. The van der Waals surface area contributed by atoms with Crippen LogP contribution in [0.2, 0.25) is 0 Å². The summed E-state index contributed by atoms with van der Waals surface area (Å²) in [6.45, 7) is 5.16. The molecule has 0 bridgehead atoms. The molecule has 0 fully saturated rings. The van der Waals surface area contributed by atoms with Gasteiger partial charge in [0.05, 0.1) is 0 Å². The standard InChI is InChI=1S/C11H19NO4/c1-7(2)6-10(14)12-9(11(15)16)5-4-8(3)13/h7,9H,4-6H2,1-3H3,(H,12,14)(H,15,16). The lowest BCUT2D eigenvalue weighted by Gasteiger charge is -2.14. The van der Waals surface area contributed by atoms with Gasteiger partial charge in [0, 0.05) is 12.8 Å². The highest BCUT2D eigenvalue weighted by Gasteiger charge is 2.20. The van der Waals surface area contributed by atoms with Gasteiger partial charge in [-0.25, -0.2) is 4.79 Å². The van der Waals surface area contributed by atoms with Crippen LogP contribution in [0.25, 0.3) is 0 Å². The molecule has 0 aromatic heterocycles. The van der Waals surface area contributed by atoms with Crippen molar-refractivity contribution in [2.75, 3.05) is 0 Å². The molecule has 0 aliphatic carbocycles. The van der Waals surface area contributed by atoms with Crippen LogP contribution in [-0.4, -0.2) is 28.8 Å². The molecule has 0 aromatic rings. The van der Waals surface area contributed by atoms with Gasteiger partial charge in [0.1, 0.15) is 11.8 Å². The van der Waals surface area contributed by atoms with E-state index in [4.69, 9.17) is 5.11 Å². The minimum atomic E-state index is -1.10. The lowest BCUT2D eigenvalue weighted by Crippen LogP contribution is -2.41. The first-order chi connectivity index (χ1) is 7.32. The summed E-state index contributed by atoms with van der Waals surface area (Å²) in [4.78, 5) is 32.9. The number of hydrogen-bond acceptors (Lipinski definition) is 3. The summed E-state index contributed by atoms with van der Waals surface area (Å²) in [5.41, 5.74) is 0. The molecule has 2 N–H and O–H groups in total. The zero-order valence-electron chi connectivity index (χ0n) is 9.95. The molecule has 1 atom stereocenters. The fraction of sp³-hybridized carbons (Fsp3) is 0.727. The maximum atomic E-state index is 11.4. The number of aliphatic carboxylic acids is 1. The first kappa shape index (κ1) is 14.6. The molecule has 16 heavy (non-hydrogen) atoms. The Morgan fingerprint density at radius 2 is 1.81 bits per heavy atom. The minimum absolute atomic E-state index is 0.0793. The van der Waals surface area contributed by atoms with E-state index in [0.29, 0.717) is 6.42 Å². The third-order valence-electron chi connectivity index (χ3n) is 2.01. The van der Waals surface area contributed by atoms with Crippen molar-refractivity contribution in [3.8, 4) is 0 Å². The topological polar surface area (TPSA) is 83.5 Å². The van der Waals surface area contributed by atoms with Crippen LogP contribution in [0.15, 0.2) is 0 Å². The quantitative estimate of drug-likeness (QED) is 0.681. The van der Waals surface area contributed by atoms with Crippen molar-refractivity contribution in [1.29, 1.82) is 0 Å². The monoisotopic (exact) mass is 229 g/mol. The molecule has 5 heteroatoms. The summed E-state index contributed by atoms with van der Waals surface area (Å²) in [7, 11) is 0. The van der Waals surface area contributed by atoms with Crippen LogP contribution in [0.4, 0.5) is 0 Å². The summed E-state index contributed by atoms with van der Waals surface area (Å²) < 4.78 is 0. The number of ketones is 1. The highest BCUT2D eigenvalue weighted by Crippen LogP contribution is 2.03. The largest absolute Gasteiger partial charge is 0.480 e. The Balaban J connectivity index is 4.17. The van der Waals surface area contributed by atoms with Crippen molar-refractivity contribution in [1.82, 2.24) is 5.32 Å². The van der Waals surface area contributed by atoms with Gasteiger partial charge in [-0.1, -0.05) is 13.8 Å². The predicted molar refractivity (Wildman–Crippen MR) is 58.9 cm³/mol. The van der Waals surface area contributed by atoms with Gasteiger partial charge in [0.25, 0.3) is 0 Å². The molecule has 0 saturated carbocycles. The molecule has 5 nitrogen and oxygen atoms in total. The third-order valence-corrected chi connectivity index (χ3v) is 2.01. The SMILES string of the molecule is CC(=O)CCC(NC(=O)CC(C)C)C(=O)O. The van der Waals surface area contributed by atoms with Gasteiger partial charge < -0.3 is 15.2 Å². The Morgan fingerprint density at radius 3 is 2.19 bits per heavy atom. The fourth-order valence-corrected chi connectivity index (χ4v) is 1.23. The number of rotatable bonds is 7. The lowest BCUT2D eigenvalue weighted by molar-refractivity contribution is -0.142. The lowest BCUT2D eigenvalue weighted by atomic mass is 10.1. The van der Waals surface area contributed by atoms with E-state index in [1.807, 2.05) is 13.8 Å². The third kappa shape index (κ3) is 6.98. The summed E-state index contributed by atoms with van der Waals surface area (Å²) in [6, 6.07) is -0.963. The number of carbonyl (C=O) groups excluding carboxylic acids is 2. The zero-order valence-corrected chi connectivity index (χ0v) is 9.95. The molecule has 92 valence electrons. The fourth-order valence-electron chi connectivity index (χ4n) is 1.23. The maximum Gasteiger partial charge on any atom is 0.326 e. The predicted octanol–water partition coefficient (Wildman–Crippen LogP) is 0.971. The van der Waals surface area contributed by atoms with Gasteiger partial charge in [-0.05, 0) is 19.3 Å². The number of hydrogen-bond donors (Lipinski definition) is 2. The van der Waals surface area contributed by atoms with Crippen LogP contribution < -0.4 is 5.32 Å². The highest BCUT2D eigenvalue weighted by atomic mass is 16.4. The molecule has 0 heterocycles. The molecule has 1 amide bonds. The van der Waals surface area contributed by atoms with Crippen LogP contribution in [0.5, 0.6) is 0 Å². The van der Waals surface area contributed by atoms with Crippen molar-refractivity contribution >= 4 is 17.7 Å². The van der Waals surface area contributed by atoms with Crippen LogP contribution in [0.3, 0.4) is 0 Å². The second-order valence-electron chi connectivity index (χ2n) is 4.30. The van der Waals surface area contributed by atoms with Crippen LogP contribution in [0, 0.1) is 5.92 Å². The number of carboxylic acids is 1. The molecular formula is C11H19NO4. The first-order valence-electron chi connectivity index (χ1n) is 5.34. The first-order valence-corrected chi connectivity index (χ1v) is 5.34. The van der Waals surface area contributed by atoms with E-state index in [9.17, 15) is 14.4 Å². The van der Waals surface area contributed by atoms with Gasteiger partial charge in [-0.2, -0.15) is 0 Å². The van der Waals surface area contributed by atoms with Crippen molar-refractivity contribution in [3.63, 3.8) is 0 Å². The zero-order chi connectivity index (χ0) is 12.7. The van der Waals surface area contributed by atoms with Gasteiger partial charge in [0.2, 0.25) is 5.91 Å². The molecule has 0 aliphatic rings. The molecule has 0 spiro atoms. The summed E-state index contributed by atoms with van der Waals surface area (Å²) in [6.07, 6.45) is 0.608.